The Balaban J connectivity index is 2.15. The lowest BCUT2D eigenvalue weighted by Gasteiger charge is -2.01. The largest absolute Gasteiger partial charge is 0.475 e. The van der Waals surface area contributed by atoms with Crippen LogP contribution in [0.4, 0.5) is 4.39 Å². The van der Waals surface area contributed by atoms with Crippen LogP contribution in [0.2, 0.25) is 5.02 Å². The van der Waals surface area contributed by atoms with Gasteiger partial charge in [-0.2, -0.15) is 0 Å². The maximum atomic E-state index is 13.0. The van der Waals surface area contributed by atoms with E-state index in [4.69, 9.17) is 21.1 Å². The Bertz CT molecular complexity index is 653. The van der Waals surface area contributed by atoms with Crippen LogP contribution in [0, 0.1) is 5.82 Å². The molecule has 0 radical (unpaired) electrons. The summed E-state index contributed by atoms with van der Waals surface area (Å²) in [6.07, 6.45) is 0. The number of hydrogen-bond acceptors (Lipinski definition) is 3. The lowest BCUT2D eigenvalue weighted by Crippen LogP contribution is -1.96. The standard InChI is InChI=1S/C12H8ClFO4S/c13-8-5-7(1-2-9(8)14)6-19(17)11-4-3-10(18-11)12(15)16/h1-5H,6H2,(H,15,16). The quantitative estimate of drug-likeness (QED) is 0.942. The van der Waals surface area contributed by atoms with Crippen molar-refractivity contribution in [1.82, 2.24) is 0 Å². The van der Waals surface area contributed by atoms with Gasteiger partial charge in [0.25, 0.3) is 0 Å². The topological polar surface area (TPSA) is 67.5 Å². The monoisotopic (exact) mass is 302 g/mol. The Labute approximate surface area is 115 Å². The average molecular weight is 303 g/mol. The maximum absolute atomic E-state index is 13.0. The Morgan fingerprint density at radius 3 is 2.68 bits per heavy atom. The molecular formula is C12H8ClFO4S. The number of rotatable bonds is 4. The third kappa shape index (κ3) is 3.21. The van der Waals surface area contributed by atoms with Crippen LogP contribution in [-0.4, -0.2) is 15.3 Å². The van der Waals surface area contributed by atoms with Gasteiger partial charge in [-0.3, -0.25) is 4.21 Å². The minimum atomic E-state index is -1.56. The summed E-state index contributed by atoms with van der Waals surface area (Å²) in [5, 5.41) is 8.68. The minimum Gasteiger partial charge on any atom is -0.475 e. The zero-order valence-electron chi connectivity index (χ0n) is 9.43. The molecule has 0 aliphatic heterocycles. The van der Waals surface area contributed by atoms with Gasteiger partial charge in [-0.05, 0) is 29.8 Å². The van der Waals surface area contributed by atoms with Crippen LogP contribution in [0.3, 0.4) is 0 Å². The highest BCUT2D eigenvalue weighted by molar-refractivity contribution is 7.84. The second-order valence-corrected chi connectivity index (χ2v) is 5.45. The summed E-state index contributed by atoms with van der Waals surface area (Å²) in [4.78, 5) is 10.6. The smallest absolute Gasteiger partial charge is 0.371 e. The SMILES string of the molecule is O=C(O)c1ccc(S(=O)Cc2ccc(F)c(Cl)c2)o1. The molecule has 0 amide bonds. The summed E-state index contributed by atoms with van der Waals surface area (Å²) in [5.74, 6) is -2.00. The second kappa shape index (κ2) is 5.54. The van der Waals surface area contributed by atoms with Crippen molar-refractivity contribution >= 4 is 28.4 Å². The molecule has 1 unspecified atom stereocenters. The fraction of sp³-hybridized carbons (Fsp3) is 0.0833. The fourth-order valence-corrected chi connectivity index (χ4v) is 2.64. The molecule has 2 aromatic rings. The highest BCUT2D eigenvalue weighted by Gasteiger charge is 2.14. The first-order valence-electron chi connectivity index (χ1n) is 5.13. The van der Waals surface area contributed by atoms with Gasteiger partial charge >= 0.3 is 5.97 Å². The normalized spacial score (nSPS) is 12.3. The first kappa shape index (κ1) is 13.8. The molecule has 0 saturated heterocycles. The van der Waals surface area contributed by atoms with E-state index in [0.717, 1.165) is 0 Å². The summed E-state index contributed by atoms with van der Waals surface area (Å²) < 4.78 is 29.8. The van der Waals surface area contributed by atoms with Gasteiger partial charge in [0.15, 0.2) is 5.09 Å². The molecule has 19 heavy (non-hydrogen) atoms. The number of furan rings is 1. The molecule has 0 aliphatic carbocycles. The molecule has 1 N–H and O–H groups in total. The first-order chi connectivity index (χ1) is 8.97. The molecule has 4 nitrogen and oxygen atoms in total. The van der Waals surface area contributed by atoms with Crippen molar-refractivity contribution in [2.45, 2.75) is 10.8 Å². The van der Waals surface area contributed by atoms with Crippen molar-refractivity contribution < 1.29 is 22.9 Å². The van der Waals surface area contributed by atoms with E-state index in [1.54, 1.807) is 0 Å². The summed E-state index contributed by atoms with van der Waals surface area (Å²) in [7, 11) is -1.56. The predicted octanol–water partition coefficient (Wildman–Crippen LogP) is 3.08. The van der Waals surface area contributed by atoms with E-state index in [1.165, 1.54) is 30.3 Å². The number of aromatic carboxylic acids is 1. The van der Waals surface area contributed by atoms with Gasteiger partial charge in [0.1, 0.15) is 5.82 Å². The van der Waals surface area contributed by atoms with Gasteiger partial charge in [0, 0.05) is 0 Å². The molecule has 0 saturated carbocycles. The zero-order chi connectivity index (χ0) is 14.0. The fourth-order valence-electron chi connectivity index (χ4n) is 1.41. The molecule has 1 aromatic heterocycles. The Hall–Kier alpha value is -1.66. The van der Waals surface area contributed by atoms with Crippen molar-refractivity contribution in [2.24, 2.45) is 0 Å². The number of carboxylic acids is 1. The van der Waals surface area contributed by atoms with E-state index in [1.807, 2.05) is 0 Å². The number of benzene rings is 1. The van der Waals surface area contributed by atoms with Crippen LogP contribution in [0.1, 0.15) is 16.1 Å². The summed E-state index contributed by atoms with van der Waals surface area (Å²) >= 11 is 5.61. The van der Waals surface area contributed by atoms with Gasteiger partial charge in [0.2, 0.25) is 5.76 Å². The van der Waals surface area contributed by atoms with Crippen LogP contribution in [0.5, 0.6) is 0 Å². The number of hydrogen-bond donors (Lipinski definition) is 1. The van der Waals surface area contributed by atoms with Gasteiger partial charge in [-0.15, -0.1) is 0 Å². The van der Waals surface area contributed by atoms with Gasteiger partial charge in [0.05, 0.1) is 21.6 Å². The lowest BCUT2D eigenvalue weighted by atomic mass is 10.2. The van der Waals surface area contributed by atoms with E-state index in [-0.39, 0.29) is 21.6 Å². The van der Waals surface area contributed by atoms with Crippen LogP contribution >= 0.6 is 11.6 Å². The molecule has 7 heteroatoms. The highest BCUT2D eigenvalue weighted by Crippen LogP contribution is 2.20. The molecule has 0 spiro atoms. The zero-order valence-corrected chi connectivity index (χ0v) is 11.0. The van der Waals surface area contributed by atoms with E-state index < -0.39 is 22.6 Å². The maximum Gasteiger partial charge on any atom is 0.371 e. The Morgan fingerprint density at radius 2 is 2.11 bits per heavy atom. The molecule has 0 bridgehead atoms. The number of carbonyl (C=O) groups is 1. The molecule has 100 valence electrons. The van der Waals surface area contributed by atoms with Crippen LogP contribution in [0.25, 0.3) is 0 Å². The van der Waals surface area contributed by atoms with Gasteiger partial charge in [-0.25, -0.2) is 9.18 Å². The molecule has 1 heterocycles. The summed E-state index contributed by atoms with van der Waals surface area (Å²) in [6, 6.07) is 6.58. The van der Waals surface area contributed by atoms with E-state index in [0.29, 0.717) is 5.56 Å². The Kier molecular flexibility index (Phi) is 4.01. The molecule has 1 atom stereocenters. The van der Waals surface area contributed by atoms with Crippen LogP contribution < -0.4 is 0 Å². The van der Waals surface area contributed by atoms with E-state index >= 15 is 0 Å². The number of halogens is 2. The van der Waals surface area contributed by atoms with Gasteiger partial charge in [-0.1, -0.05) is 17.7 Å². The summed E-state index contributed by atoms with van der Waals surface area (Å²) in [5.41, 5.74) is 0.568. The Morgan fingerprint density at radius 1 is 1.37 bits per heavy atom. The van der Waals surface area contributed by atoms with Crippen molar-refractivity contribution in [3.05, 3.63) is 52.5 Å². The molecule has 0 aliphatic rings. The molecule has 0 fully saturated rings. The molecule has 1 aromatic carbocycles. The van der Waals surface area contributed by atoms with Gasteiger partial charge < -0.3 is 9.52 Å². The van der Waals surface area contributed by atoms with Crippen LogP contribution in [0.15, 0.2) is 39.8 Å². The van der Waals surface area contributed by atoms with Crippen molar-refractivity contribution in [2.75, 3.05) is 0 Å². The first-order valence-corrected chi connectivity index (χ1v) is 6.82. The van der Waals surface area contributed by atoms with Crippen molar-refractivity contribution in [3.8, 4) is 0 Å². The highest BCUT2D eigenvalue weighted by atomic mass is 35.5. The lowest BCUT2D eigenvalue weighted by molar-refractivity contribution is 0.0656. The third-order valence-corrected chi connectivity index (χ3v) is 3.85. The third-order valence-electron chi connectivity index (χ3n) is 2.30. The molecular weight excluding hydrogens is 295 g/mol. The second-order valence-electron chi connectivity index (χ2n) is 3.66. The number of carboxylic acid groups (broad SMARTS) is 1. The van der Waals surface area contributed by atoms with Crippen molar-refractivity contribution in [1.29, 1.82) is 0 Å². The van der Waals surface area contributed by atoms with E-state index in [9.17, 15) is 13.4 Å². The molecule has 2 rings (SSSR count). The van der Waals surface area contributed by atoms with E-state index in [2.05, 4.69) is 0 Å². The summed E-state index contributed by atoms with van der Waals surface area (Å²) in [6.45, 7) is 0. The average Bonchev–Trinajstić information content (AvgIpc) is 2.83. The minimum absolute atomic E-state index is 0.0536. The predicted molar refractivity (Wildman–Crippen MR) is 67.2 cm³/mol. The van der Waals surface area contributed by atoms with Crippen LogP contribution in [-0.2, 0) is 16.6 Å². The van der Waals surface area contributed by atoms with Crippen molar-refractivity contribution in [3.63, 3.8) is 0 Å².